The second-order valence-electron chi connectivity index (χ2n) is 7.50. The number of nitrogens with one attached hydrogen (secondary N) is 1. The van der Waals surface area contributed by atoms with E-state index in [1.54, 1.807) is 0 Å². The van der Waals surface area contributed by atoms with Gasteiger partial charge in [0.25, 0.3) is 0 Å². The molecule has 1 aliphatic carbocycles. The Kier molecular flexibility index (Phi) is 2.90. The van der Waals surface area contributed by atoms with Gasteiger partial charge in [0.15, 0.2) is 0 Å². The van der Waals surface area contributed by atoms with Crippen molar-refractivity contribution in [3.63, 3.8) is 0 Å². The first kappa shape index (κ1) is 13.8. The summed E-state index contributed by atoms with van der Waals surface area (Å²) in [6.45, 7) is 7.39. The number of rotatable bonds is 0. The van der Waals surface area contributed by atoms with Crippen molar-refractivity contribution >= 4 is 5.69 Å². The highest BCUT2D eigenvalue weighted by Gasteiger charge is 2.47. The standard InChI is InChI=1S/C17H23F2N/c1-15(2,3)12-4-5-14-13(10-12)16(11-20-14)6-8-17(18,19)9-7-16/h4-5,10,20H,6-9,11H2,1-3H3. The normalized spacial score (nSPS) is 23.4. The second kappa shape index (κ2) is 4.19. The summed E-state index contributed by atoms with van der Waals surface area (Å²) in [5.74, 6) is -2.46. The van der Waals surface area contributed by atoms with Crippen LogP contribution in [0.1, 0.15) is 57.6 Å². The van der Waals surface area contributed by atoms with Crippen molar-refractivity contribution in [1.82, 2.24) is 0 Å². The van der Waals surface area contributed by atoms with Gasteiger partial charge in [-0.25, -0.2) is 8.78 Å². The first-order chi connectivity index (χ1) is 9.22. The van der Waals surface area contributed by atoms with Crippen LogP contribution >= 0.6 is 0 Å². The summed E-state index contributed by atoms with van der Waals surface area (Å²) in [4.78, 5) is 0. The van der Waals surface area contributed by atoms with Crippen LogP contribution in [0.3, 0.4) is 0 Å². The molecule has 0 radical (unpaired) electrons. The Morgan fingerprint density at radius 2 is 1.70 bits per heavy atom. The Morgan fingerprint density at radius 1 is 1.05 bits per heavy atom. The average molecular weight is 279 g/mol. The van der Waals surface area contributed by atoms with Gasteiger partial charge in [0.2, 0.25) is 5.92 Å². The predicted octanol–water partition coefficient (Wildman–Crippen LogP) is 4.86. The van der Waals surface area contributed by atoms with Crippen LogP contribution in [0.5, 0.6) is 0 Å². The molecule has 1 aliphatic heterocycles. The molecule has 1 fully saturated rings. The van der Waals surface area contributed by atoms with Crippen LogP contribution in [-0.4, -0.2) is 12.5 Å². The van der Waals surface area contributed by atoms with Crippen LogP contribution in [0.15, 0.2) is 18.2 Å². The third kappa shape index (κ3) is 2.21. The number of anilines is 1. The molecule has 0 unspecified atom stereocenters. The fourth-order valence-corrected chi connectivity index (χ4v) is 3.50. The molecule has 1 heterocycles. The maximum absolute atomic E-state index is 13.5. The van der Waals surface area contributed by atoms with Crippen molar-refractivity contribution < 1.29 is 8.78 Å². The van der Waals surface area contributed by atoms with Gasteiger partial charge >= 0.3 is 0 Å². The molecule has 1 N–H and O–H groups in total. The highest BCUT2D eigenvalue weighted by Crippen LogP contribution is 2.50. The monoisotopic (exact) mass is 279 g/mol. The van der Waals surface area contributed by atoms with Gasteiger partial charge in [0.1, 0.15) is 0 Å². The molecular formula is C17H23F2N. The second-order valence-corrected chi connectivity index (χ2v) is 7.50. The summed E-state index contributed by atoms with van der Waals surface area (Å²) in [5.41, 5.74) is 3.72. The van der Waals surface area contributed by atoms with Crippen molar-refractivity contribution in [1.29, 1.82) is 0 Å². The van der Waals surface area contributed by atoms with Crippen molar-refractivity contribution in [3.05, 3.63) is 29.3 Å². The zero-order valence-electron chi connectivity index (χ0n) is 12.5. The quantitative estimate of drug-likeness (QED) is 0.715. The molecule has 3 rings (SSSR count). The highest BCUT2D eigenvalue weighted by atomic mass is 19.3. The molecular weight excluding hydrogens is 256 g/mol. The van der Waals surface area contributed by atoms with Crippen molar-refractivity contribution in [2.24, 2.45) is 0 Å². The summed E-state index contributed by atoms with van der Waals surface area (Å²) in [6.07, 6.45) is 1.23. The SMILES string of the molecule is CC(C)(C)c1ccc2c(c1)C1(CCC(F)(F)CC1)CN2. The molecule has 0 bridgehead atoms. The first-order valence-corrected chi connectivity index (χ1v) is 7.49. The molecule has 2 aliphatic rings. The lowest BCUT2D eigenvalue weighted by Crippen LogP contribution is -2.38. The summed E-state index contributed by atoms with van der Waals surface area (Å²) < 4.78 is 26.9. The van der Waals surface area contributed by atoms with E-state index >= 15 is 0 Å². The maximum Gasteiger partial charge on any atom is 0.248 e. The molecule has 0 amide bonds. The zero-order chi connectivity index (χ0) is 14.6. The van der Waals surface area contributed by atoms with Crippen molar-refractivity contribution in [2.75, 3.05) is 11.9 Å². The Hall–Kier alpha value is -1.12. The van der Waals surface area contributed by atoms with E-state index in [4.69, 9.17) is 0 Å². The molecule has 1 nitrogen and oxygen atoms in total. The number of alkyl halides is 2. The van der Waals surface area contributed by atoms with Gasteiger partial charge in [0.05, 0.1) is 0 Å². The number of benzene rings is 1. The van der Waals surface area contributed by atoms with Crippen LogP contribution < -0.4 is 5.32 Å². The summed E-state index contributed by atoms with van der Waals surface area (Å²) in [7, 11) is 0. The third-order valence-electron chi connectivity index (χ3n) is 5.01. The minimum absolute atomic E-state index is 0.0217. The number of hydrogen-bond donors (Lipinski definition) is 1. The Balaban J connectivity index is 1.97. The fraction of sp³-hybridized carbons (Fsp3) is 0.647. The van der Waals surface area contributed by atoms with E-state index in [0.29, 0.717) is 12.8 Å². The highest BCUT2D eigenvalue weighted by molar-refractivity contribution is 5.62. The molecule has 1 saturated carbocycles. The van der Waals surface area contributed by atoms with Gasteiger partial charge < -0.3 is 5.32 Å². The average Bonchev–Trinajstić information content (AvgIpc) is 2.71. The number of halogens is 2. The van der Waals surface area contributed by atoms with E-state index in [9.17, 15) is 8.78 Å². The molecule has 0 atom stereocenters. The van der Waals surface area contributed by atoms with Crippen LogP contribution in [0.25, 0.3) is 0 Å². The van der Waals surface area contributed by atoms with Crippen molar-refractivity contribution in [2.45, 2.75) is 63.2 Å². The van der Waals surface area contributed by atoms with Crippen LogP contribution in [0.4, 0.5) is 14.5 Å². The largest absolute Gasteiger partial charge is 0.384 e. The number of fused-ring (bicyclic) bond motifs is 2. The molecule has 1 spiro atoms. The summed E-state index contributed by atoms with van der Waals surface area (Å²) in [6, 6.07) is 6.53. The molecule has 20 heavy (non-hydrogen) atoms. The van der Waals surface area contributed by atoms with Gasteiger partial charge in [-0.1, -0.05) is 32.9 Å². The first-order valence-electron chi connectivity index (χ1n) is 7.49. The molecule has 3 heteroatoms. The molecule has 110 valence electrons. The molecule has 0 aromatic heterocycles. The van der Waals surface area contributed by atoms with Gasteiger partial charge in [-0.05, 0) is 35.4 Å². The lowest BCUT2D eigenvalue weighted by molar-refractivity contribution is -0.0496. The molecule has 1 aromatic carbocycles. The summed E-state index contributed by atoms with van der Waals surface area (Å²) in [5, 5.41) is 3.42. The van der Waals surface area contributed by atoms with Gasteiger partial charge in [-0.15, -0.1) is 0 Å². The molecule has 0 saturated heterocycles. The molecule has 1 aromatic rings. The van der Waals surface area contributed by atoms with Gasteiger partial charge in [-0.2, -0.15) is 0 Å². The van der Waals surface area contributed by atoms with E-state index in [1.165, 1.54) is 11.1 Å². The topological polar surface area (TPSA) is 12.0 Å². The maximum atomic E-state index is 13.5. The van der Waals surface area contributed by atoms with Crippen LogP contribution in [0.2, 0.25) is 0 Å². The third-order valence-corrected chi connectivity index (χ3v) is 5.01. The zero-order valence-corrected chi connectivity index (χ0v) is 12.5. The van der Waals surface area contributed by atoms with E-state index in [-0.39, 0.29) is 23.7 Å². The lowest BCUT2D eigenvalue weighted by Gasteiger charge is -2.37. The van der Waals surface area contributed by atoms with E-state index in [1.807, 2.05) is 0 Å². The lowest BCUT2D eigenvalue weighted by atomic mass is 9.69. The van der Waals surface area contributed by atoms with Crippen LogP contribution in [-0.2, 0) is 10.8 Å². The van der Waals surface area contributed by atoms with E-state index < -0.39 is 5.92 Å². The fourth-order valence-electron chi connectivity index (χ4n) is 3.50. The van der Waals surface area contributed by atoms with E-state index in [0.717, 1.165) is 12.2 Å². The minimum atomic E-state index is -2.46. The Bertz CT molecular complexity index is 518. The Labute approximate surface area is 119 Å². The smallest absolute Gasteiger partial charge is 0.248 e. The van der Waals surface area contributed by atoms with E-state index in [2.05, 4.69) is 44.3 Å². The van der Waals surface area contributed by atoms with Gasteiger partial charge in [0, 0.05) is 30.5 Å². The van der Waals surface area contributed by atoms with Crippen molar-refractivity contribution in [3.8, 4) is 0 Å². The Morgan fingerprint density at radius 3 is 2.30 bits per heavy atom. The van der Waals surface area contributed by atoms with Gasteiger partial charge in [-0.3, -0.25) is 0 Å². The minimum Gasteiger partial charge on any atom is -0.384 e. The van der Waals surface area contributed by atoms with Crippen LogP contribution in [0, 0.1) is 0 Å². The summed E-state index contributed by atoms with van der Waals surface area (Å²) >= 11 is 0. The predicted molar refractivity (Wildman–Crippen MR) is 78.7 cm³/mol. The number of hydrogen-bond acceptors (Lipinski definition) is 1.